The summed E-state index contributed by atoms with van der Waals surface area (Å²) in [5.74, 6) is -1.80. The van der Waals surface area contributed by atoms with Gasteiger partial charge in [0.05, 0.1) is 23.8 Å². The highest BCUT2D eigenvalue weighted by Crippen LogP contribution is 2.34. The topological polar surface area (TPSA) is 44.1 Å². The maximum Gasteiger partial charge on any atom is 0.259 e. The third-order valence-electron chi connectivity index (χ3n) is 3.79. The van der Waals surface area contributed by atoms with E-state index in [1.807, 2.05) is 0 Å². The van der Waals surface area contributed by atoms with E-state index in [2.05, 4.69) is 4.98 Å². The lowest BCUT2D eigenvalue weighted by Gasteiger charge is -2.14. The van der Waals surface area contributed by atoms with Gasteiger partial charge in [-0.2, -0.15) is 0 Å². The molecule has 0 aliphatic rings. The Morgan fingerprint density at radius 2 is 1.96 bits per heavy atom. The largest absolute Gasteiger partial charge is 0.493 e. The fourth-order valence-electron chi connectivity index (χ4n) is 2.72. The van der Waals surface area contributed by atoms with Crippen molar-refractivity contribution in [3.63, 3.8) is 0 Å². The van der Waals surface area contributed by atoms with E-state index in [0.717, 1.165) is 12.1 Å². The first-order valence-corrected chi connectivity index (χ1v) is 7.57. The maximum atomic E-state index is 14.4. The van der Waals surface area contributed by atoms with E-state index in [0.29, 0.717) is 17.4 Å². The Morgan fingerprint density at radius 1 is 1.25 bits per heavy atom. The van der Waals surface area contributed by atoms with Crippen molar-refractivity contribution in [1.29, 1.82) is 0 Å². The van der Waals surface area contributed by atoms with Crippen LogP contribution in [0.25, 0.3) is 22.0 Å². The molecular formula is C17H13ClF2N2O2. The van der Waals surface area contributed by atoms with Gasteiger partial charge in [0.25, 0.3) is 5.56 Å². The van der Waals surface area contributed by atoms with Gasteiger partial charge in [0.1, 0.15) is 11.0 Å². The molecule has 0 fully saturated rings. The minimum atomic E-state index is -0.745. The van der Waals surface area contributed by atoms with Gasteiger partial charge in [-0.05, 0) is 31.2 Å². The molecule has 124 valence electrons. The van der Waals surface area contributed by atoms with E-state index in [1.54, 1.807) is 13.0 Å². The molecule has 0 atom stereocenters. The van der Waals surface area contributed by atoms with Crippen LogP contribution in [0.1, 0.15) is 6.92 Å². The maximum absolute atomic E-state index is 14.4. The van der Waals surface area contributed by atoms with Crippen LogP contribution < -0.4 is 10.3 Å². The van der Waals surface area contributed by atoms with E-state index < -0.39 is 17.2 Å². The van der Waals surface area contributed by atoms with Crippen LogP contribution in [-0.4, -0.2) is 16.7 Å². The molecule has 0 saturated heterocycles. The monoisotopic (exact) mass is 350 g/mol. The Morgan fingerprint density at radius 3 is 2.62 bits per heavy atom. The minimum Gasteiger partial charge on any atom is -0.493 e. The number of methoxy groups -OCH3 is 1. The lowest BCUT2D eigenvalue weighted by molar-refractivity contribution is 0.385. The molecule has 0 aliphatic carbocycles. The zero-order valence-corrected chi connectivity index (χ0v) is 13.7. The van der Waals surface area contributed by atoms with E-state index in [-0.39, 0.29) is 22.0 Å². The summed E-state index contributed by atoms with van der Waals surface area (Å²) in [7, 11) is 1.22. The van der Waals surface area contributed by atoms with Gasteiger partial charge in [0, 0.05) is 18.1 Å². The van der Waals surface area contributed by atoms with Gasteiger partial charge in [0.2, 0.25) is 0 Å². The van der Waals surface area contributed by atoms with Gasteiger partial charge in [0.15, 0.2) is 11.6 Å². The second-order valence-corrected chi connectivity index (χ2v) is 5.50. The number of ether oxygens (including phenoxy) is 1. The van der Waals surface area contributed by atoms with Crippen LogP contribution in [0.3, 0.4) is 0 Å². The number of hydrogen-bond donors (Lipinski definition) is 0. The van der Waals surface area contributed by atoms with E-state index >= 15 is 0 Å². The Hall–Kier alpha value is -2.47. The lowest BCUT2D eigenvalue weighted by atomic mass is 10.0. The van der Waals surface area contributed by atoms with Gasteiger partial charge in [-0.25, -0.2) is 13.8 Å². The smallest absolute Gasteiger partial charge is 0.259 e. The molecule has 1 aromatic carbocycles. The first kappa shape index (κ1) is 16.4. The quantitative estimate of drug-likeness (QED) is 0.670. The van der Waals surface area contributed by atoms with Crippen molar-refractivity contribution in [2.45, 2.75) is 13.5 Å². The van der Waals surface area contributed by atoms with Crippen LogP contribution in [0.5, 0.6) is 5.75 Å². The summed E-state index contributed by atoms with van der Waals surface area (Å²) in [6, 6.07) is 4.95. The van der Waals surface area contributed by atoms with Gasteiger partial charge in [-0.15, -0.1) is 0 Å². The molecule has 7 heteroatoms. The summed E-state index contributed by atoms with van der Waals surface area (Å²) in [6.45, 7) is 2.11. The van der Waals surface area contributed by atoms with Crippen molar-refractivity contribution < 1.29 is 13.5 Å². The highest BCUT2D eigenvalue weighted by molar-refractivity contribution is 6.30. The third kappa shape index (κ3) is 2.53. The summed E-state index contributed by atoms with van der Waals surface area (Å²) in [6.07, 6.45) is 1.48. The Kier molecular flexibility index (Phi) is 4.24. The molecule has 24 heavy (non-hydrogen) atoms. The average molecular weight is 351 g/mol. The number of aromatic nitrogens is 2. The molecule has 0 N–H and O–H groups in total. The summed E-state index contributed by atoms with van der Waals surface area (Å²) in [5.41, 5.74) is -0.0963. The second kappa shape index (κ2) is 6.20. The number of pyridine rings is 2. The van der Waals surface area contributed by atoms with Gasteiger partial charge >= 0.3 is 0 Å². The number of benzene rings is 1. The van der Waals surface area contributed by atoms with Crippen LogP contribution >= 0.6 is 11.6 Å². The number of nitrogens with zero attached hydrogens (tertiary/aromatic N) is 2. The highest BCUT2D eigenvalue weighted by Gasteiger charge is 2.21. The molecule has 0 radical (unpaired) electrons. The average Bonchev–Trinajstić information content (AvgIpc) is 2.56. The summed E-state index contributed by atoms with van der Waals surface area (Å²) >= 11 is 5.89. The number of rotatable bonds is 3. The van der Waals surface area contributed by atoms with Crippen LogP contribution in [-0.2, 0) is 6.54 Å². The predicted molar refractivity (Wildman–Crippen MR) is 88.6 cm³/mol. The van der Waals surface area contributed by atoms with E-state index in [9.17, 15) is 13.6 Å². The Bertz CT molecular complexity index is 1000. The van der Waals surface area contributed by atoms with Crippen LogP contribution in [0.15, 0.2) is 35.3 Å². The molecule has 3 rings (SSSR count). The van der Waals surface area contributed by atoms with Gasteiger partial charge in [-0.3, -0.25) is 4.79 Å². The number of aryl methyl sites for hydroxylation is 1. The van der Waals surface area contributed by atoms with E-state index in [1.165, 1.54) is 23.9 Å². The van der Waals surface area contributed by atoms with Crippen molar-refractivity contribution in [2.75, 3.05) is 7.11 Å². The van der Waals surface area contributed by atoms with Crippen LogP contribution in [0.4, 0.5) is 8.78 Å². The van der Waals surface area contributed by atoms with Crippen molar-refractivity contribution in [3.8, 4) is 16.9 Å². The second-order valence-electron chi connectivity index (χ2n) is 5.11. The molecule has 4 nitrogen and oxygen atoms in total. The molecular weight excluding hydrogens is 338 g/mol. The highest BCUT2D eigenvalue weighted by atomic mass is 35.5. The normalized spacial score (nSPS) is 11.0. The first-order chi connectivity index (χ1) is 11.5. The van der Waals surface area contributed by atoms with Crippen LogP contribution in [0.2, 0.25) is 5.15 Å². The fourth-order valence-corrected chi connectivity index (χ4v) is 2.88. The third-order valence-corrected chi connectivity index (χ3v) is 4.00. The van der Waals surface area contributed by atoms with Gasteiger partial charge < -0.3 is 9.30 Å². The number of fused-ring (bicyclic) bond motifs is 1. The molecule has 0 amide bonds. The van der Waals surface area contributed by atoms with Crippen molar-refractivity contribution >= 4 is 22.5 Å². The van der Waals surface area contributed by atoms with E-state index in [4.69, 9.17) is 16.3 Å². The molecule has 0 saturated carbocycles. The number of halogens is 3. The standard InChI is InChI=1S/C17H13ClF2N2O2/c1-3-22-13-7-14(18)21-8-9(13)6-10(17(22)23)15-11(19)4-5-12(20)16(15)24-2/h4-8H,3H2,1-2H3. The zero-order chi connectivity index (χ0) is 17.4. The van der Waals surface area contributed by atoms with Crippen molar-refractivity contribution in [3.05, 3.63) is 57.6 Å². The first-order valence-electron chi connectivity index (χ1n) is 7.19. The summed E-state index contributed by atoms with van der Waals surface area (Å²) in [5, 5.41) is 0.827. The number of hydrogen-bond acceptors (Lipinski definition) is 3. The lowest BCUT2D eigenvalue weighted by Crippen LogP contribution is -2.22. The fraction of sp³-hybridized carbons (Fsp3) is 0.176. The predicted octanol–water partition coefficient (Wildman–Crippen LogP) is 4.02. The van der Waals surface area contributed by atoms with Crippen LogP contribution in [0, 0.1) is 11.6 Å². The summed E-state index contributed by atoms with van der Waals surface area (Å²) < 4.78 is 34.7. The Balaban J connectivity index is 2.45. The molecule has 0 aliphatic heterocycles. The molecule has 0 spiro atoms. The van der Waals surface area contributed by atoms with Crippen molar-refractivity contribution in [1.82, 2.24) is 9.55 Å². The molecule has 2 heterocycles. The minimum absolute atomic E-state index is 0.00215. The molecule has 2 aromatic heterocycles. The molecule has 0 unspecified atom stereocenters. The Labute approximate surface area is 141 Å². The summed E-state index contributed by atoms with van der Waals surface area (Å²) in [4.78, 5) is 16.8. The molecule has 3 aromatic rings. The van der Waals surface area contributed by atoms with Crippen molar-refractivity contribution in [2.24, 2.45) is 0 Å². The zero-order valence-electron chi connectivity index (χ0n) is 12.9. The molecule has 0 bridgehead atoms. The van der Waals surface area contributed by atoms with Gasteiger partial charge in [-0.1, -0.05) is 11.6 Å². The SMILES string of the molecule is CCn1c(=O)c(-c2c(F)ccc(F)c2OC)cc2cnc(Cl)cc21.